The Hall–Kier alpha value is -0.320. The average Bonchev–Trinajstić information content (AvgIpc) is 2.66. The van der Waals surface area contributed by atoms with E-state index in [1.165, 1.54) is 0 Å². The molecule has 16 heavy (non-hydrogen) atoms. The van der Waals surface area contributed by atoms with Crippen LogP contribution in [0.25, 0.3) is 0 Å². The Bertz CT molecular complexity index is 336. The molecule has 1 atom stereocenters. The summed E-state index contributed by atoms with van der Waals surface area (Å²) >= 11 is 3.49. The van der Waals surface area contributed by atoms with E-state index >= 15 is 0 Å². The van der Waals surface area contributed by atoms with Gasteiger partial charge in [-0.1, -0.05) is 6.92 Å². The minimum absolute atomic E-state index is 0.107. The molecule has 1 heterocycles. The summed E-state index contributed by atoms with van der Waals surface area (Å²) < 4.78 is 6.50. The zero-order valence-electron chi connectivity index (χ0n) is 10.5. The molecule has 0 amide bonds. The third kappa shape index (κ3) is 2.67. The van der Waals surface area contributed by atoms with Gasteiger partial charge in [-0.2, -0.15) is 0 Å². The van der Waals surface area contributed by atoms with Crippen molar-refractivity contribution in [3.05, 3.63) is 22.6 Å². The molecule has 0 bridgehead atoms. The monoisotopic (exact) mass is 288 g/mol. The largest absolute Gasteiger partial charge is 0.466 e. The third-order valence-corrected chi connectivity index (χ3v) is 4.11. The number of nitrogens with two attached hydrogens (primary N) is 1. The summed E-state index contributed by atoms with van der Waals surface area (Å²) in [5.74, 6) is 0.909. The highest BCUT2D eigenvalue weighted by Gasteiger charge is 2.30. The fourth-order valence-corrected chi connectivity index (χ4v) is 2.12. The van der Waals surface area contributed by atoms with E-state index in [0.29, 0.717) is 6.54 Å². The highest BCUT2D eigenvalue weighted by atomic mass is 79.9. The molecule has 0 saturated carbocycles. The van der Waals surface area contributed by atoms with E-state index in [9.17, 15) is 0 Å². The molecule has 0 aliphatic rings. The molecule has 0 radical (unpaired) electrons. The van der Waals surface area contributed by atoms with Crippen LogP contribution >= 0.6 is 15.9 Å². The molecule has 0 aliphatic carbocycles. The summed E-state index contributed by atoms with van der Waals surface area (Å²) in [6.07, 6.45) is 2.76. The second-order valence-corrected chi connectivity index (χ2v) is 5.52. The fourth-order valence-electron chi connectivity index (χ4n) is 1.66. The summed E-state index contributed by atoms with van der Waals surface area (Å²) in [7, 11) is 2.09. The Morgan fingerprint density at radius 2 is 2.19 bits per heavy atom. The first-order chi connectivity index (χ1) is 7.44. The van der Waals surface area contributed by atoms with Crippen molar-refractivity contribution in [2.45, 2.75) is 38.8 Å². The zero-order chi connectivity index (χ0) is 12.3. The van der Waals surface area contributed by atoms with Crippen molar-refractivity contribution in [1.29, 1.82) is 0 Å². The Morgan fingerprint density at radius 3 is 2.56 bits per heavy atom. The van der Waals surface area contributed by atoms with Crippen molar-refractivity contribution in [1.82, 2.24) is 4.90 Å². The number of rotatable bonds is 5. The van der Waals surface area contributed by atoms with Crippen LogP contribution in [0.5, 0.6) is 0 Å². The fraction of sp³-hybridized carbons (Fsp3) is 0.667. The van der Waals surface area contributed by atoms with Crippen LogP contribution in [0, 0.1) is 0 Å². The zero-order valence-corrected chi connectivity index (χ0v) is 12.0. The molecule has 0 saturated heterocycles. The van der Waals surface area contributed by atoms with Gasteiger partial charge in [0.25, 0.3) is 0 Å². The van der Waals surface area contributed by atoms with Crippen molar-refractivity contribution in [3.8, 4) is 0 Å². The van der Waals surface area contributed by atoms with E-state index < -0.39 is 0 Å². The molecule has 2 N–H and O–H groups in total. The van der Waals surface area contributed by atoms with E-state index in [0.717, 1.165) is 16.7 Å². The molecule has 0 aliphatic heterocycles. The first-order valence-electron chi connectivity index (χ1n) is 5.60. The maximum absolute atomic E-state index is 5.86. The summed E-state index contributed by atoms with van der Waals surface area (Å²) in [5.41, 5.74) is 5.97. The van der Waals surface area contributed by atoms with Gasteiger partial charge in [0.15, 0.2) is 0 Å². The maximum Gasteiger partial charge on any atom is 0.136 e. The molecule has 4 heteroatoms. The van der Waals surface area contributed by atoms with Crippen LogP contribution in [-0.2, 0) is 0 Å². The molecule has 1 aromatic rings. The molecule has 0 spiro atoms. The number of halogens is 1. The number of furan rings is 1. The van der Waals surface area contributed by atoms with Gasteiger partial charge in [-0.25, -0.2) is 0 Å². The summed E-state index contributed by atoms with van der Waals surface area (Å²) in [5, 5.41) is 0. The molecular weight excluding hydrogens is 268 g/mol. The van der Waals surface area contributed by atoms with Gasteiger partial charge in [0.2, 0.25) is 0 Å². The Morgan fingerprint density at radius 1 is 1.56 bits per heavy atom. The molecular formula is C12H21BrN2O. The summed E-state index contributed by atoms with van der Waals surface area (Å²) in [6.45, 7) is 7.16. The lowest BCUT2D eigenvalue weighted by atomic mass is 9.97. The first kappa shape index (κ1) is 13.7. The van der Waals surface area contributed by atoms with Gasteiger partial charge in [-0.15, -0.1) is 0 Å². The number of likely N-dealkylation sites (N-methyl/N-ethyl adjacent to an activating group) is 1. The van der Waals surface area contributed by atoms with E-state index in [1.54, 1.807) is 6.26 Å². The van der Waals surface area contributed by atoms with Gasteiger partial charge in [0.1, 0.15) is 5.76 Å². The minimum atomic E-state index is 0.107. The SMILES string of the molecule is CCC(C)(C)N(C)C(CN)c1occc1Br. The minimum Gasteiger partial charge on any atom is -0.466 e. The summed E-state index contributed by atoms with van der Waals surface area (Å²) in [6, 6.07) is 2.02. The lowest BCUT2D eigenvalue weighted by molar-refractivity contribution is 0.0879. The predicted molar refractivity (Wildman–Crippen MR) is 70.3 cm³/mol. The Kier molecular flexibility index (Phi) is 4.59. The Balaban J connectivity index is 2.96. The second kappa shape index (κ2) is 5.34. The van der Waals surface area contributed by atoms with Crippen LogP contribution in [0.4, 0.5) is 0 Å². The van der Waals surface area contributed by atoms with Crippen molar-refractivity contribution >= 4 is 15.9 Å². The van der Waals surface area contributed by atoms with E-state index in [4.69, 9.17) is 10.2 Å². The summed E-state index contributed by atoms with van der Waals surface area (Å²) in [4.78, 5) is 2.27. The van der Waals surface area contributed by atoms with Gasteiger partial charge >= 0.3 is 0 Å². The number of nitrogens with zero attached hydrogens (tertiary/aromatic N) is 1. The van der Waals surface area contributed by atoms with Crippen LogP contribution in [0.3, 0.4) is 0 Å². The standard InChI is InChI=1S/C12H21BrN2O/c1-5-12(2,3)15(4)10(8-14)11-9(13)6-7-16-11/h6-7,10H,5,8,14H2,1-4H3. The van der Waals surface area contributed by atoms with Gasteiger partial charge in [-0.3, -0.25) is 4.90 Å². The van der Waals surface area contributed by atoms with E-state index in [1.807, 2.05) is 6.07 Å². The van der Waals surface area contributed by atoms with Crippen molar-refractivity contribution in [2.75, 3.05) is 13.6 Å². The van der Waals surface area contributed by atoms with Gasteiger partial charge in [0.05, 0.1) is 16.8 Å². The Labute approximate surface area is 106 Å². The highest BCUT2D eigenvalue weighted by Crippen LogP contribution is 2.32. The first-order valence-corrected chi connectivity index (χ1v) is 6.39. The molecule has 0 aromatic carbocycles. The topological polar surface area (TPSA) is 42.4 Å². The molecule has 1 rings (SSSR count). The van der Waals surface area contributed by atoms with Crippen molar-refractivity contribution < 1.29 is 4.42 Å². The van der Waals surface area contributed by atoms with Gasteiger partial charge in [-0.05, 0) is 49.3 Å². The van der Waals surface area contributed by atoms with Crippen LogP contribution in [0.1, 0.15) is 39.0 Å². The quantitative estimate of drug-likeness (QED) is 0.905. The molecule has 1 aromatic heterocycles. The molecule has 0 fully saturated rings. The van der Waals surface area contributed by atoms with Crippen molar-refractivity contribution in [2.24, 2.45) is 5.73 Å². The average molecular weight is 289 g/mol. The normalized spacial score (nSPS) is 14.4. The maximum atomic E-state index is 5.86. The number of hydrogen-bond donors (Lipinski definition) is 1. The second-order valence-electron chi connectivity index (χ2n) is 4.66. The van der Waals surface area contributed by atoms with Crippen LogP contribution in [0.15, 0.2) is 21.2 Å². The number of hydrogen-bond acceptors (Lipinski definition) is 3. The lowest BCUT2D eigenvalue weighted by Crippen LogP contribution is -2.45. The van der Waals surface area contributed by atoms with Gasteiger partial charge in [0, 0.05) is 12.1 Å². The van der Waals surface area contributed by atoms with Crippen LogP contribution < -0.4 is 5.73 Å². The third-order valence-electron chi connectivity index (χ3n) is 3.46. The van der Waals surface area contributed by atoms with Crippen molar-refractivity contribution in [3.63, 3.8) is 0 Å². The lowest BCUT2D eigenvalue weighted by Gasteiger charge is -2.39. The highest BCUT2D eigenvalue weighted by molar-refractivity contribution is 9.10. The van der Waals surface area contributed by atoms with E-state index in [2.05, 4.69) is 48.6 Å². The molecule has 1 unspecified atom stereocenters. The van der Waals surface area contributed by atoms with Crippen LogP contribution in [-0.4, -0.2) is 24.0 Å². The molecule has 3 nitrogen and oxygen atoms in total. The van der Waals surface area contributed by atoms with Crippen LogP contribution in [0.2, 0.25) is 0 Å². The smallest absolute Gasteiger partial charge is 0.136 e. The predicted octanol–water partition coefficient (Wildman–Crippen LogP) is 3.16. The van der Waals surface area contributed by atoms with Gasteiger partial charge < -0.3 is 10.2 Å². The van der Waals surface area contributed by atoms with E-state index in [-0.39, 0.29) is 11.6 Å². The molecule has 92 valence electrons.